The molecule has 4 rings (SSSR count). The lowest BCUT2D eigenvalue weighted by Crippen LogP contribution is -2.60. The second kappa shape index (κ2) is 10.5. The zero-order chi connectivity index (χ0) is 27.7. The van der Waals surface area contributed by atoms with Crippen LogP contribution in [-0.4, -0.2) is 90.1 Å². The minimum absolute atomic E-state index is 0.0128. The number of carbonyl (C=O) groups excluding carboxylic acids is 1. The number of phenolic OH excluding ortho intramolecular Hbond substituents is 4. The molecule has 1 aliphatic rings. The summed E-state index contributed by atoms with van der Waals surface area (Å²) in [5, 5.41) is 79.6. The van der Waals surface area contributed by atoms with Crippen LogP contribution < -0.4 is 4.74 Å². The van der Waals surface area contributed by atoms with Crippen molar-refractivity contribution in [2.24, 2.45) is 0 Å². The Hall–Kier alpha value is -4.37. The number of carbonyl (C=O) groups is 2. The summed E-state index contributed by atoms with van der Waals surface area (Å²) in [6, 6.07) is 7.09. The lowest BCUT2D eigenvalue weighted by molar-refractivity contribution is -0.278. The van der Waals surface area contributed by atoms with Crippen LogP contribution in [0.1, 0.15) is 6.42 Å². The smallest absolute Gasteiger partial charge is 0.402 e. The SMILES string of the molecule is O=C(O)CC(=O)OC[C@@H]1O[C@H](Oc2cc3c(O)cc(O)cc3[o+]c2-c2ccc(O)c(O)c2)[C@@H](O)[C@H](O)[C@H]1O. The molecule has 0 bridgehead atoms. The molecule has 0 aliphatic carbocycles. The Morgan fingerprint density at radius 3 is 2.32 bits per heavy atom. The van der Waals surface area contributed by atoms with Crippen molar-refractivity contribution in [3.63, 3.8) is 0 Å². The van der Waals surface area contributed by atoms with E-state index in [0.717, 1.165) is 18.2 Å². The molecule has 8 N–H and O–H groups in total. The third-order valence-corrected chi connectivity index (χ3v) is 5.67. The molecule has 38 heavy (non-hydrogen) atoms. The lowest BCUT2D eigenvalue weighted by Gasteiger charge is -2.39. The first-order valence-corrected chi connectivity index (χ1v) is 11.0. The summed E-state index contributed by atoms with van der Waals surface area (Å²) in [7, 11) is 0. The standard InChI is InChI=1S/C24H22O14/c25-10-4-13(27)11-6-16(23(36-15(11)5-10)9-1-2-12(26)14(28)3-9)37-24-22(34)21(33)20(32)17(38-24)8-35-19(31)7-18(29)30/h1-6,17,20-22,24,32-34H,7-8H2,(H4-,25,26,27,28,29,30)/p+1/t17-,20-,21+,22-,24-/m0/s1. The highest BCUT2D eigenvalue weighted by Gasteiger charge is 2.46. The molecule has 1 aromatic heterocycles. The minimum atomic E-state index is -1.85. The first-order chi connectivity index (χ1) is 17.9. The number of hydrogen-bond acceptors (Lipinski definition) is 12. The second-order valence-electron chi connectivity index (χ2n) is 8.41. The summed E-state index contributed by atoms with van der Waals surface area (Å²) >= 11 is 0. The zero-order valence-electron chi connectivity index (χ0n) is 19.3. The monoisotopic (exact) mass is 535 g/mol. The molecule has 14 heteroatoms. The number of carboxylic acids is 1. The quantitative estimate of drug-likeness (QED) is 0.0885. The van der Waals surface area contributed by atoms with Crippen molar-refractivity contribution in [1.82, 2.24) is 0 Å². The number of ether oxygens (including phenoxy) is 3. The Balaban J connectivity index is 1.70. The first kappa shape index (κ1) is 26.7. The van der Waals surface area contributed by atoms with E-state index < -0.39 is 72.9 Å². The summed E-state index contributed by atoms with van der Waals surface area (Å²) in [5.74, 6) is -4.59. The molecule has 202 valence electrons. The van der Waals surface area contributed by atoms with Crippen LogP contribution in [0.15, 0.2) is 40.8 Å². The van der Waals surface area contributed by atoms with Gasteiger partial charge in [-0.05, 0) is 12.1 Å². The van der Waals surface area contributed by atoms with Gasteiger partial charge in [-0.15, -0.1) is 0 Å². The van der Waals surface area contributed by atoms with Gasteiger partial charge in [0.15, 0.2) is 11.5 Å². The summed E-state index contributed by atoms with van der Waals surface area (Å²) < 4.78 is 21.8. The maximum atomic E-state index is 11.6. The molecule has 1 saturated heterocycles. The van der Waals surface area contributed by atoms with Crippen LogP contribution in [0.25, 0.3) is 22.3 Å². The van der Waals surface area contributed by atoms with Gasteiger partial charge < -0.3 is 55.1 Å². The summed E-state index contributed by atoms with van der Waals surface area (Å²) in [6.07, 6.45) is -9.55. The van der Waals surface area contributed by atoms with Gasteiger partial charge in [-0.3, -0.25) is 9.59 Å². The van der Waals surface area contributed by atoms with Crippen molar-refractivity contribution >= 4 is 22.9 Å². The van der Waals surface area contributed by atoms with Crippen LogP contribution in [-0.2, 0) is 19.1 Å². The zero-order valence-corrected chi connectivity index (χ0v) is 19.3. The summed E-state index contributed by atoms with van der Waals surface area (Å²) in [4.78, 5) is 22.2. The van der Waals surface area contributed by atoms with E-state index in [2.05, 4.69) is 0 Å². The molecule has 2 heterocycles. The van der Waals surface area contributed by atoms with Crippen molar-refractivity contribution in [3.8, 4) is 40.1 Å². The van der Waals surface area contributed by atoms with E-state index in [1.54, 1.807) is 0 Å². The number of aliphatic hydroxyl groups excluding tert-OH is 3. The topological polar surface area (TPSA) is 235 Å². The normalized spacial score (nSPS) is 23.2. The van der Waals surface area contributed by atoms with Crippen LogP contribution in [0, 0.1) is 0 Å². The summed E-state index contributed by atoms with van der Waals surface area (Å²) in [6.45, 7) is -0.683. The highest BCUT2D eigenvalue weighted by atomic mass is 16.7. The second-order valence-corrected chi connectivity index (χ2v) is 8.41. The third-order valence-electron chi connectivity index (χ3n) is 5.67. The maximum absolute atomic E-state index is 11.6. The van der Waals surface area contributed by atoms with Crippen molar-refractivity contribution in [1.29, 1.82) is 0 Å². The summed E-state index contributed by atoms with van der Waals surface area (Å²) in [5.41, 5.74) is 0.131. The molecule has 1 aliphatic heterocycles. The highest BCUT2D eigenvalue weighted by molar-refractivity contribution is 5.90. The fourth-order valence-corrected chi connectivity index (χ4v) is 3.76. The van der Waals surface area contributed by atoms with Gasteiger partial charge in [0.25, 0.3) is 0 Å². The first-order valence-electron chi connectivity index (χ1n) is 11.0. The molecule has 2 aromatic carbocycles. The molecule has 1 fully saturated rings. The van der Waals surface area contributed by atoms with Gasteiger partial charge in [-0.2, -0.15) is 0 Å². The molecule has 3 aromatic rings. The van der Waals surface area contributed by atoms with Crippen molar-refractivity contribution < 1.29 is 69.1 Å². The molecule has 0 unspecified atom stereocenters. The number of aromatic hydroxyl groups is 4. The van der Waals surface area contributed by atoms with E-state index in [-0.39, 0.29) is 33.8 Å². The van der Waals surface area contributed by atoms with Gasteiger partial charge in [0, 0.05) is 18.2 Å². The number of rotatable bonds is 7. The number of esters is 1. The maximum Gasteiger partial charge on any atom is 0.402 e. The number of fused-ring (bicyclic) bond motifs is 1. The molecule has 0 saturated carbocycles. The van der Waals surface area contributed by atoms with Gasteiger partial charge in [-0.25, -0.2) is 4.42 Å². The largest absolute Gasteiger partial charge is 0.507 e. The van der Waals surface area contributed by atoms with Gasteiger partial charge in [0.05, 0.1) is 11.6 Å². The van der Waals surface area contributed by atoms with Gasteiger partial charge >= 0.3 is 23.3 Å². The van der Waals surface area contributed by atoms with E-state index in [0.29, 0.717) is 0 Å². The molecule has 14 nitrogen and oxygen atoms in total. The number of carboxylic acid groups (broad SMARTS) is 1. The molecule has 5 atom stereocenters. The third kappa shape index (κ3) is 5.47. The predicted octanol–water partition coefficient (Wildman–Crippen LogP) is 0.408. The lowest BCUT2D eigenvalue weighted by atomic mass is 9.99. The van der Waals surface area contributed by atoms with Crippen LogP contribution in [0.5, 0.6) is 28.7 Å². The molecule has 0 amide bonds. The van der Waals surface area contributed by atoms with Crippen molar-refractivity contribution in [2.75, 3.05) is 6.61 Å². The van der Waals surface area contributed by atoms with Crippen molar-refractivity contribution in [3.05, 3.63) is 36.4 Å². The van der Waals surface area contributed by atoms with E-state index in [9.17, 15) is 45.3 Å². The van der Waals surface area contributed by atoms with E-state index >= 15 is 0 Å². The Bertz CT molecular complexity index is 1370. The van der Waals surface area contributed by atoms with Crippen LogP contribution in [0.4, 0.5) is 0 Å². The number of hydrogen-bond donors (Lipinski definition) is 8. The number of aliphatic carboxylic acids is 1. The molecular formula is C24H23O14+. The van der Waals surface area contributed by atoms with Gasteiger partial charge in [0.2, 0.25) is 12.0 Å². The fourth-order valence-electron chi connectivity index (χ4n) is 3.76. The molecule has 0 radical (unpaired) electrons. The van der Waals surface area contributed by atoms with Crippen molar-refractivity contribution in [2.45, 2.75) is 37.1 Å². The fraction of sp³-hybridized carbons (Fsp3) is 0.292. The van der Waals surface area contributed by atoms with Crippen LogP contribution >= 0.6 is 0 Å². The molecular weight excluding hydrogens is 512 g/mol. The minimum Gasteiger partial charge on any atom is -0.507 e. The van der Waals surface area contributed by atoms with E-state index in [4.69, 9.17) is 23.7 Å². The average molecular weight is 535 g/mol. The number of benzene rings is 2. The highest BCUT2D eigenvalue weighted by Crippen LogP contribution is 2.42. The van der Waals surface area contributed by atoms with E-state index in [1.165, 1.54) is 18.2 Å². The van der Waals surface area contributed by atoms with Gasteiger partial charge in [-0.1, -0.05) is 0 Å². The van der Waals surface area contributed by atoms with Crippen LogP contribution in [0.3, 0.4) is 0 Å². The Morgan fingerprint density at radius 1 is 0.895 bits per heavy atom. The average Bonchev–Trinajstić information content (AvgIpc) is 2.84. The Morgan fingerprint density at radius 2 is 1.63 bits per heavy atom. The van der Waals surface area contributed by atoms with Crippen LogP contribution in [0.2, 0.25) is 0 Å². The Labute approximate surface area is 212 Å². The Kier molecular flexibility index (Phi) is 7.41. The predicted molar refractivity (Wildman–Crippen MR) is 123 cm³/mol. The van der Waals surface area contributed by atoms with Gasteiger partial charge in [0.1, 0.15) is 54.3 Å². The van der Waals surface area contributed by atoms with E-state index in [1.807, 2.05) is 0 Å². The number of aliphatic hydroxyl groups is 3. The molecule has 0 spiro atoms. The number of phenols is 4.